The van der Waals surface area contributed by atoms with Crippen LogP contribution >= 0.6 is 12.2 Å². The highest BCUT2D eigenvalue weighted by Gasteiger charge is 2.15. The largest absolute Gasteiger partial charge is 0.318 e. The molecule has 0 aliphatic carbocycles. The van der Waals surface area contributed by atoms with Crippen molar-refractivity contribution in [3.05, 3.63) is 66.2 Å². The molecular weight excluding hydrogens is 294 g/mol. The molecule has 2 aromatic carbocycles. The molecule has 5 heteroatoms. The maximum atomic E-state index is 12.2. The Hall–Kier alpha value is -2.71. The van der Waals surface area contributed by atoms with Gasteiger partial charge in [-0.25, -0.2) is 0 Å². The first-order chi connectivity index (χ1) is 10.7. The van der Waals surface area contributed by atoms with Crippen LogP contribution < -0.4 is 10.2 Å². The quantitative estimate of drug-likeness (QED) is 0.882. The van der Waals surface area contributed by atoms with Crippen molar-refractivity contribution in [3.8, 4) is 6.07 Å². The predicted molar refractivity (Wildman–Crippen MR) is 90.5 cm³/mol. The number of benzene rings is 2. The van der Waals surface area contributed by atoms with E-state index < -0.39 is 0 Å². The zero-order valence-electron chi connectivity index (χ0n) is 11.9. The number of amides is 1. The molecule has 2 aromatic rings. The molecule has 2 rings (SSSR count). The highest BCUT2D eigenvalue weighted by Crippen LogP contribution is 2.14. The molecule has 0 aliphatic heterocycles. The van der Waals surface area contributed by atoms with E-state index in [0.29, 0.717) is 18.5 Å². The Balaban J connectivity index is 2.12. The Bertz CT molecular complexity index is 680. The van der Waals surface area contributed by atoms with Crippen LogP contribution in [0.2, 0.25) is 0 Å². The van der Waals surface area contributed by atoms with Crippen molar-refractivity contribution in [2.24, 2.45) is 0 Å². The SMILES string of the molecule is N#CCCN(C(=S)NC(=O)c1ccccc1)c1ccccc1. The number of carbonyl (C=O) groups excluding carboxylic acids is 1. The van der Waals surface area contributed by atoms with E-state index in [2.05, 4.69) is 11.4 Å². The zero-order valence-corrected chi connectivity index (χ0v) is 12.7. The van der Waals surface area contributed by atoms with E-state index >= 15 is 0 Å². The summed E-state index contributed by atoms with van der Waals surface area (Å²) in [5.74, 6) is -0.261. The first-order valence-electron chi connectivity index (χ1n) is 6.82. The standard InChI is InChI=1S/C17H15N3OS/c18-12-7-13-20(15-10-5-2-6-11-15)17(22)19-16(21)14-8-3-1-4-9-14/h1-6,8-11H,7,13H2,(H,19,21,22). The minimum absolute atomic E-state index is 0.261. The molecule has 110 valence electrons. The topological polar surface area (TPSA) is 56.1 Å². The number of anilines is 1. The maximum absolute atomic E-state index is 12.2. The number of nitriles is 1. The number of thiocarbonyl (C=S) groups is 1. The average Bonchev–Trinajstić information content (AvgIpc) is 2.57. The van der Waals surface area contributed by atoms with Crippen LogP contribution in [-0.4, -0.2) is 17.6 Å². The fourth-order valence-corrected chi connectivity index (χ4v) is 2.23. The summed E-state index contributed by atoms with van der Waals surface area (Å²) in [4.78, 5) is 13.9. The monoisotopic (exact) mass is 309 g/mol. The second-order valence-electron chi connectivity index (χ2n) is 4.52. The Morgan fingerprint density at radius 2 is 1.68 bits per heavy atom. The summed E-state index contributed by atoms with van der Waals surface area (Å²) in [5.41, 5.74) is 1.38. The first-order valence-corrected chi connectivity index (χ1v) is 7.23. The van der Waals surface area contributed by atoms with Gasteiger partial charge in [-0.1, -0.05) is 36.4 Å². The predicted octanol–water partition coefficient (Wildman–Crippen LogP) is 3.12. The third kappa shape index (κ3) is 4.14. The summed E-state index contributed by atoms with van der Waals surface area (Å²) in [7, 11) is 0. The van der Waals surface area contributed by atoms with Gasteiger partial charge in [-0.2, -0.15) is 5.26 Å². The summed E-state index contributed by atoms with van der Waals surface area (Å²) >= 11 is 5.33. The van der Waals surface area contributed by atoms with E-state index in [1.807, 2.05) is 36.4 Å². The van der Waals surface area contributed by atoms with E-state index in [0.717, 1.165) is 5.69 Å². The fourth-order valence-electron chi connectivity index (χ4n) is 1.94. The van der Waals surface area contributed by atoms with Gasteiger partial charge in [0.2, 0.25) is 0 Å². The minimum Gasteiger partial charge on any atom is -0.318 e. The van der Waals surface area contributed by atoms with Gasteiger partial charge in [0.05, 0.1) is 12.5 Å². The smallest absolute Gasteiger partial charge is 0.257 e. The highest BCUT2D eigenvalue weighted by molar-refractivity contribution is 7.80. The van der Waals surface area contributed by atoms with Gasteiger partial charge < -0.3 is 4.90 Å². The molecule has 0 radical (unpaired) electrons. The number of hydrogen-bond acceptors (Lipinski definition) is 3. The minimum atomic E-state index is -0.261. The molecule has 1 N–H and O–H groups in total. The van der Waals surface area contributed by atoms with Gasteiger partial charge in [0.15, 0.2) is 5.11 Å². The van der Waals surface area contributed by atoms with Gasteiger partial charge in [0, 0.05) is 17.8 Å². The van der Waals surface area contributed by atoms with Crippen molar-refractivity contribution in [2.75, 3.05) is 11.4 Å². The molecule has 0 bridgehead atoms. The lowest BCUT2D eigenvalue weighted by Crippen LogP contribution is -2.43. The maximum Gasteiger partial charge on any atom is 0.257 e. The van der Waals surface area contributed by atoms with Gasteiger partial charge in [0.25, 0.3) is 5.91 Å². The number of nitrogens with zero attached hydrogens (tertiary/aromatic N) is 2. The molecule has 0 saturated heterocycles. The van der Waals surface area contributed by atoms with E-state index in [-0.39, 0.29) is 11.0 Å². The Kier molecular flexibility index (Phi) is 5.64. The van der Waals surface area contributed by atoms with Crippen molar-refractivity contribution in [1.82, 2.24) is 5.32 Å². The second kappa shape index (κ2) is 7.91. The Morgan fingerprint density at radius 3 is 2.27 bits per heavy atom. The van der Waals surface area contributed by atoms with E-state index in [1.165, 1.54) is 0 Å². The fraction of sp³-hybridized carbons (Fsp3) is 0.118. The lowest BCUT2D eigenvalue weighted by molar-refractivity contribution is 0.0977. The summed E-state index contributed by atoms with van der Waals surface area (Å²) in [6.45, 7) is 0.425. The van der Waals surface area contributed by atoms with Gasteiger partial charge in [0.1, 0.15) is 0 Å². The summed E-state index contributed by atoms with van der Waals surface area (Å²) in [5, 5.41) is 11.8. The summed E-state index contributed by atoms with van der Waals surface area (Å²) < 4.78 is 0. The van der Waals surface area contributed by atoms with Crippen LogP contribution in [0.4, 0.5) is 5.69 Å². The summed E-state index contributed by atoms with van der Waals surface area (Å²) in [6.07, 6.45) is 0.316. The molecule has 0 spiro atoms. The van der Waals surface area contributed by atoms with Gasteiger partial charge in [-0.3, -0.25) is 10.1 Å². The second-order valence-corrected chi connectivity index (χ2v) is 4.91. The molecule has 0 aromatic heterocycles. The van der Waals surface area contributed by atoms with E-state index in [9.17, 15) is 4.79 Å². The molecule has 22 heavy (non-hydrogen) atoms. The summed E-state index contributed by atoms with van der Waals surface area (Å²) in [6, 6.07) is 20.4. The van der Waals surface area contributed by atoms with Crippen molar-refractivity contribution < 1.29 is 4.79 Å². The number of para-hydroxylation sites is 1. The van der Waals surface area contributed by atoms with Gasteiger partial charge in [-0.15, -0.1) is 0 Å². The van der Waals surface area contributed by atoms with Crippen molar-refractivity contribution in [3.63, 3.8) is 0 Å². The molecule has 0 unspecified atom stereocenters. The highest BCUT2D eigenvalue weighted by atomic mass is 32.1. The van der Waals surface area contributed by atoms with Crippen LogP contribution in [0.1, 0.15) is 16.8 Å². The number of hydrogen-bond donors (Lipinski definition) is 1. The Morgan fingerprint density at radius 1 is 1.09 bits per heavy atom. The molecule has 4 nitrogen and oxygen atoms in total. The van der Waals surface area contributed by atoms with Crippen LogP contribution in [0.5, 0.6) is 0 Å². The number of nitrogens with one attached hydrogen (secondary N) is 1. The molecule has 0 aliphatic rings. The first kappa shape index (κ1) is 15.7. The molecule has 0 saturated carbocycles. The molecular formula is C17H15N3OS. The molecule has 0 heterocycles. The van der Waals surface area contributed by atoms with Crippen LogP contribution in [0.25, 0.3) is 0 Å². The van der Waals surface area contributed by atoms with E-state index in [4.69, 9.17) is 17.5 Å². The van der Waals surface area contributed by atoms with Crippen LogP contribution in [-0.2, 0) is 0 Å². The molecule has 1 amide bonds. The number of rotatable bonds is 4. The normalized spacial score (nSPS) is 9.59. The molecule has 0 fully saturated rings. The Labute approximate surface area is 135 Å². The zero-order chi connectivity index (χ0) is 15.8. The van der Waals surface area contributed by atoms with Crippen molar-refractivity contribution in [1.29, 1.82) is 5.26 Å². The van der Waals surface area contributed by atoms with Crippen molar-refractivity contribution >= 4 is 28.9 Å². The average molecular weight is 309 g/mol. The number of carbonyl (C=O) groups is 1. The van der Waals surface area contributed by atoms with Crippen LogP contribution in [0, 0.1) is 11.3 Å². The third-order valence-electron chi connectivity index (χ3n) is 3.02. The lowest BCUT2D eigenvalue weighted by Gasteiger charge is -2.24. The van der Waals surface area contributed by atoms with Crippen LogP contribution in [0.3, 0.4) is 0 Å². The van der Waals surface area contributed by atoms with Crippen LogP contribution in [0.15, 0.2) is 60.7 Å². The lowest BCUT2D eigenvalue weighted by atomic mass is 10.2. The molecule has 0 atom stereocenters. The van der Waals surface area contributed by atoms with Crippen molar-refractivity contribution in [2.45, 2.75) is 6.42 Å². The third-order valence-corrected chi connectivity index (χ3v) is 3.34. The van der Waals surface area contributed by atoms with Gasteiger partial charge >= 0.3 is 0 Å². The van der Waals surface area contributed by atoms with E-state index in [1.54, 1.807) is 29.2 Å². The van der Waals surface area contributed by atoms with Gasteiger partial charge in [-0.05, 0) is 36.5 Å².